The van der Waals surface area contributed by atoms with Crippen molar-refractivity contribution in [3.05, 3.63) is 29.8 Å². The standard InChI is InChI=1S/C17H27NO/c1-13-10-16(12-17(2,3)11-13)18-15-6-4-14(5-7-15)8-9-19/h4-7,13,16,18-19H,8-12H2,1-3H3. The molecule has 0 bridgehead atoms. The highest BCUT2D eigenvalue weighted by Crippen LogP contribution is 2.39. The lowest BCUT2D eigenvalue weighted by molar-refractivity contribution is 0.178. The van der Waals surface area contributed by atoms with E-state index < -0.39 is 0 Å². The van der Waals surface area contributed by atoms with Gasteiger partial charge in [0.1, 0.15) is 0 Å². The average molecular weight is 261 g/mol. The highest BCUT2D eigenvalue weighted by Gasteiger charge is 2.31. The van der Waals surface area contributed by atoms with Crippen LogP contribution in [0.15, 0.2) is 24.3 Å². The maximum absolute atomic E-state index is 8.92. The summed E-state index contributed by atoms with van der Waals surface area (Å²) < 4.78 is 0. The fourth-order valence-electron chi connectivity index (χ4n) is 3.59. The van der Waals surface area contributed by atoms with Crippen LogP contribution in [0, 0.1) is 11.3 Å². The Balaban J connectivity index is 1.96. The van der Waals surface area contributed by atoms with Crippen molar-refractivity contribution >= 4 is 5.69 Å². The third kappa shape index (κ3) is 4.24. The third-order valence-electron chi connectivity index (χ3n) is 4.11. The molecule has 0 aliphatic heterocycles. The number of hydrogen-bond acceptors (Lipinski definition) is 2. The number of nitrogens with one attached hydrogen (secondary N) is 1. The Morgan fingerprint density at radius 3 is 2.47 bits per heavy atom. The zero-order valence-corrected chi connectivity index (χ0v) is 12.4. The van der Waals surface area contributed by atoms with Gasteiger partial charge in [-0.05, 0) is 54.7 Å². The molecule has 2 N–H and O–H groups in total. The van der Waals surface area contributed by atoms with E-state index in [-0.39, 0.29) is 6.61 Å². The molecule has 2 rings (SSSR count). The molecule has 1 aliphatic carbocycles. The van der Waals surface area contributed by atoms with Crippen LogP contribution in [0.4, 0.5) is 5.69 Å². The maximum Gasteiger partial charge on any atom is 0.0471 e. The van der Waals surface area contributed by atoms with Crippen molar-refractivity contribution in [1.82, 2.24) is 0 Å². The SMILES string of the molecule is CC1CC(Nc2ccc(CCO)cc2)CC(C)(C)C1. The monoisotopic (exact) mass is 261 g/mol. The molecule has 2 atom stereocenters. The van der Waals surface area contributed by atoms with Crippen molar-refractivity contribution in [2.24, 2.45) is 11.3 Å². The summed E-state index contributed by atoms with van der Waals surface area (Å²) in [5.74, 6) is 0.801. The van der Waals surface area contributed by atoms with E-state index in [1.54, 1.807) is 0 Å². The zero-order chi connectivity index (χ0) is 13.9. The fourth-order valence-corrected chi connectivity index (χ4v) is 3.59. The Morgan fingerprint density at radius 2 is 1.89 bits per heavy atom. The second-order valence-corrected chi connectivity index (χ2v) is 6.93. The molecule has 1 aromatic carbocycles. The highest BCUT2D eigenvalue weighted by atomic mass is 16.2. The summed E-state index contributed by atoms with van der Waals surface area (Å²) in [5.41, 5.74) is 2.86. The Morgan fingerprint density at radius 1 is 1.21 bits per heavy atom. The minimum atomic E-state index is 0.223. The second-order valence-electron chi connectivity index (χ2n) is 6.93. The molecule has 0 aromatic heterocycles. The summed E-state index contributed by atoms with van der Waals surface area (Å²) in [6.07, 6.45) is 4.59. The molecule has 1 fully saturated rings. The van der Waals surface area contributed by atoms with Crippen LogP contribution in [-0.4, -0.2) is 17.8 Å². The molecule has 2 heteroatoms. The lowest BCUT2D eigenvalue weighted by Crippen LogP contribution is -2.35. The molecule has 2 nitrogen and oxygen atoms in total. The first kappa shape index (κ1) is 14.4. The Bertz CT molecular complexity index is 396. The van der Waals surface area contributed by atoms with Gasteiger partial charge in [0.15, 0.2) is 0 Å². The van der Waals surface area contributed by atoms with Gasteiger partial charge in [-0.25, -0.2) is 0 Å². The summed E-state index contributed by atoms with van der Waals surface area (Å²) in [4.78, 5) is 0. The number of anilines is 1. The summed E-state index contributed by atoms with van der Waals surface area (Å²) >= 11 is 0. The first-order valence-electron chi connectivity index (χ1n) is 7.45. The maximum atomic E-state index is 8.92. The van der Waals surface area contributed by atoms with E-state index in [4.69, 9.17) is 5.11 Å². The molecule has 19 heavy (non-hydrogen) atoms. The number of aliphatic hydroxyl groups excluding tert-OH is 1. The Kier molecular flexibility index (Phi) is 4.51. The van der Waals surface area contributed by atoms with Crippen LogP contribution < -0.4 is 5.32 Å². The average Bonchev–Trinajstić information content (AvgIpc) is 2.29. The summed E-state index contributed by atoms with van der Waals surface area (Å²) in [7, 11) is 0. The lowest BCUT2D eigenvalue weighted by Gasteiger charge is -2.39. The minimum Gasteiger partial charge on any atom is -0.396 e. The predicted octanol–water partition coefficient (Wildman–Crippen LogP) is 3.85. The second kappa shape index (κ2) is 5.96. The van der Waals surface area contributed by atoms with Gasteiger partial charge >= 0.3 is 0 Å². The summed E-state index contributed by atoms with van der Waals surface area (Å²) in [6, 6.07) is 9.07. The van der Waals surface area contributed by atoms with Gasteiger partial charge in [-0.2, -0.15) is 0 Å². The first-order valence-corrected chi connectivity index (χ1v) is 7.45. The highest BCUT2D eigenvalue weighted by molar-refractivity contribution is 5.45. The van der Waals surface area contributed by atoms with E-state index in [9.17, 15) is 0 Å². The van der Waals surface area contributed by atoms with Gasteiger partial charge in [-0.1, -0.05) is 32.9 Å². The summed E-state index contributed by atoms with van der Waals surface area (Å²) in [5, 5.41) is 12.6. The molecular weight excluding hydrogens is 234 g/mol. The number of rotatable bonds is 4. The molecule has 106 valence electrons. The third-order valence-corrected chi connectivity index (χ3v) is 4.11. The van der Waals surface area contributed by atoms with Crippen LogP contribution in [0.25, 0.3) is 0 Å². The minimum absolute atomic E-state index is 0.223. The van der Waals surface area contributed by atoms with Crippen molar-refractivity contribution in [1.29, 1.82) is 0 Å². The molecular formula is C17H27NO. The van der Waals surface area contributed by atoms with Gasteiger partial charge in [0.2, 0.25) is 0 Å². The molecule has 0 saturated heterocycles. The van der Waals surface area contributed by atoms with Gasteiger partial charge in [-0.15, -0.1) is 0 Å². The molecule has 0 heterocycles. The van der Waals surface area contributed by atoms with Crippen molar-refractivity contribution < 1.29 is 5.11 Å². The quantitative estimate of drug-likeness (QED) is 0.863. The van der Waals surface area contributed by atoms with Gasteiger partial charge in [0.25, 0.3) is 0 Å². The molecule has 0 radical (unpaired) electrons. The van der Waals surface area contributed by atoms with Crippen LogP contribution in [0.5, 0.6) is 0 Å². The van der Waals surface area contributed by atoms with E-state index in [2.05, 4.69) is 50.4 Å². The largest absolute Gasteiger partial charge is 0.396 e. The molecule has 0 amide bonds. The molecule has 2 unspecified atom stereocenters. The first-order chi connectivity index (χ1) is 8.98. The smallest absolute Gasteiger partial charge is 0.0471 e. The Labute approximate surface area is 117 Å². The molecule has 1 saturated carbocycles. The van der Waals surface area contributed by atoms with Crippen LogP contribution >= 0.6 is 0 Å². The van der Waals surface area contributed by atoms with Crippen molar-refractivity contribution in [2.45, 2.75) is 52.5 Å². The number of aliphatic hydroxyl groups is 1. The van der Waals surface area contributed by atoms with E-state index >= 15 is 0 Å². The van der Waals surface area contributed by atoms with Crippen LogP contribution in [0.2, 0.25) is 0 Å². The lowest BCUT2D eigenvalue weighted by atomic mass is 9.70. The molecule has 1 aromatic rings. The molecule has 0 spiro atoms. The van der Waals surface area contributed by atoms with Gasteiger partial charge in [-0.3, -0.25) is 0 Å². The van der Waals surface area contributed by atoms with E-state index in [1.165, 1.54) is 30.5 Å². The van der Waals surface area contributed by atoms with E-state index in [0.717, 1.165) is 12.3 Å². The zero-order valence-electron chi connectivity index (χ0n) is 12.4. The normalized spacial score (nSPS) is 26.1. The number of benzene rings is 1. The Hall–Kier alpha value is -1.02. The summed E-state index contributed by atoms with van der Waals surface area (Å²) in [6.45, 7) is 7.34. The van der Waals surface area contributed by atoms with Gasteiger partial charge in [0, 0.05) is 18.3 Å². The van der Waals surface area contributed by atoms with E-state index in [1.807, 2.05) is 0 Å². The van der Waals surface area contributed by atoms with Crippen LogP contribution in [-0.2, 0) is 6.42 Å². The van der Waals surface area contributed by atoms with Crippen LogP contribution in [0.3, 0.4) is 0 Å². The topological polar surface area (TPSA) is 32.3 Å². The van der Waals surface area contributed by atoms with Crippen molar-refractivity contribution in [3.8, 4) is 0 Å². The number of hydrogen-bond donors (Lipinski definition) is 2. The molecule has 1 aliphatic rings. The van der Waals surface area contributed by atoms with Crippen LogP contribution in [0.1, 0.15) is 45.6 Å². The van der Waals surface area contributed by atoms with Gasteiger partial charge in [0.05, 0.1) is 0 Å². The van der Waals surface area contributed by atoms with E-state index in [0.29, 0.717) is 11.5 Å². The predicted molar refractivity (Wildman–Crippen MR) is 81.4 cm³/mol. The fraction of sp³-hybridized carbons (Fsp3) is 0.647. The van der Waals surface area contributed by atoms with Crippen molar-refractivity contribution in [2.75, 3.05) is 11.9 Å². The van der Waals surface area contributed by atoms with Crippen molar-refractivity contribution in [3.63, 3.8) is 0 Å². The van der Waals surface area contributed by atoms with Gasteiger partial charge < -0.3 is 10.4 Å².